The molecule has 1 saturated heterocycles. The molecule has 1 amide bonds. The number of pyridine rings is 1. The lowest BCUT2D eigenvalue weighted by Crippen LogP contribution is -2.56. The molecule has 9 nitrogen and oxygen atoms in total. The number of aromatic nitrogens is 4. The highest BCUT2D eigenvalue weighted by Gasteiger charge is 2.40. The van der Waals surface area contributed by atoms with Crippen LogP contribution in [0.25, 0.3) is 11.4 Å². The second-order valence-corrected chi connectivity index (χ2v) is 7.93. The van der Waals surface area contributed by atoms with Crippen LogP contribution in [0.1, 0.15) is 35.2 Å². The molecular formula is C21H19F2N5O4. The topological polar surface area (TPSA) is 113 Å². The molecule has 4 heterocycles. The Morgan fingerprint density at radius 1 is 1.28 bits per heavy atom. The van der Waals surface area contributed by atoms with Crippen molar-refractivity contribution in [1.82, 2.24) is 24.6 Å². The molecule has 2 N–H and O–H groups in total. The average molecular weight is 443 g/mol. The van der Waals surface area contributed by atoms with E-state index in [0.717, 1.165) is 12.1 Å². The van der Waals surface area contributed by atoms with Crippen molar-refractivity contribution >= 4 is 5.91 Å². The number of carbonyl (C=O) groups excluding carboxylic acids is 1. The van der Waals surface area contributed by atoms with Gasteiger partial charge in [0.05, 0.1) is 18.7 Å². The van der Waals surface area contributed by atoms with Gasteiger partial charge in [0.25, 0.3) is 5.91 Å². The van der Waals surface area contributed by atoms with Crippen LogP contribution in [0.15, 0.2) is 29.2 Å². The van der Waals surface area contributed by atoms with Crippen LogP contribution in [0, 0.1) is 11.6 Å². The third-order valence-electron chi connectivity index (χ3n) is 5.84. The number of nitrogens with zero attached hydrogens (tertiary/aromatic N) is 4. The Morgan fingerprint density at radius 3 is 2.88 bits per heavy atom. The van der Waals surface area contributed by atoms with Crippen LogP contribution < -0.4 is 5.43 Å². The third kappa shape index (κ3) is 3.25. The van der Waals surface area contributed by atoms with Crippen molar-refractivity contribution in [3.05, 3.63) is 63.3 Å². The first-order valence-electron chi connectivity index (χ1n) is 10.1. The average Bonchev–Trinajstić information content (AvgIpc) is 3.21. The number of hydrogen-bond donors (Lipinski definition) is 2. The summed E-state index contributed by atoms with van der Waals surface area (Å²) in [6, 6.07) is 3.13. The monoisotopic (exact) mass is 443 g/mol. The molecule has 11 heteroatoms. The molecule has 2 aliphatic rings. The van der Waals surface area contributed by atoms with Crippen LogP contribution in [-0.4, -0.2) is 54.5 Å². The molecule has 5 rings (SSSR count). The molecule has 1 fully saturated rings. The van der Waals surface area contributed by atoms with E-state index in [-0.39, 0.29) is 47.5 Å². The number of halogens is 2. The quantitative estimate of drug-likeness (QED) is 0.638. The summed E-state index contributed by atoms with van der Waals surface area (Å²) >= 11 is 0. The van der Waals surface area contributed by atoms with E-state index in [1.807, 2.05) is 6.92 Å². The number of carbonyl (C=O) groups is 1. The van der Waals surface area contributed by atoms with Gasteiger partial charge in [-0.1, -0.05) is 6.07 Å². The Balaban J connectivity index is 1.50. The van der Waals surface area contributed by atoms with E-state index in [2.05, 4.69) is 15.2 Å². The highest BCUT2D eigenvalue weighted by Crippen LogP contribution is 2.30. The molecular weight excluding hydrogens is 424 g/mol. The van der Waals surface area contributed by atoms with Crippen LogP contribution in [0.4, 0.5) is 8.78 Å². The lowest BCUT2D eigenvalue weighted by Gasteiger charge is -2.44. The molecule has 166 valence electrons. The summed E-state index contributed by atoms with van der Waals surface area (Å²) in [7, 11) is 0. The van der Waals surface area contributed by atoms with E-state index in [9.17, 15) is 23.5 Å². The van der Waals surface area contributed by atoms with Gasteiger partial charge in [0.1, 0.15) is 17.5 Å². The maximum atomic E-state index is 13.9. The number of nitrogens with one attached hydrogen (secondary N) is 1. The van der Waals surface area contributed by atoms with Gasteiger partial charge in [-0.15, -0.1) is 10.2 Å². The summed E-state index contributed by atoms with van der Waals surface area (Å²) in [5.74, 6) is -2.25. The molecule has 3 aromatic rings. The van der Waals surface area contributed by atoms with Gasteiger partial charge in [-0.05, 0) is 25.0 Å². The van der Waals surface area contributed by atoms with Crippen molar-refractivity contribution in [3.8, 4) is 17.1 Å². The Morgan fingerprint density at radius 2 is 2.09 bits per heavy atom. The molecule has 0 radical (unpaired) electrons. The van der Waals surface area contributed by atoms with E-state index in [1.54, 1.807) is 4.90 Å². The molecule has 32 heavy (non-hydrogen) atoms. The van der Waals surface area contributed by atoms with Gasteiger partial charge in [-0.25, -0.2) is 8.78 Å². The van der Waals surface area contributed by atoms with Gasteiger partial charge >= 0.3 is 0 Å². The zero-order valence-corrected chi connectivity index (χ0v) is 17.0. The first kappa shape index (κ1) is 20.3. The molecule has 0 bridgehead atoms. The highest BCUT2D eigenvalue weighted by molar-refractivity contribution is 5.96. The van der Waals surface area contributed by atoms with Crippen molar-refractivity contribution < 1.29 is 23.4 Å². The van der Waals surface area contributed by atoms with Crippen molar-refractivity contribution in [2.24, 2.45) is 0 Å². The molecule has 0 unspecified atom stereocenters. The molecule has 0 saturated carbocycles. The second-order valence-electron chi connectivity index (χ2n) is 7.93. The number of H-pyrrole nitrogens is 1. The first-order chi connectivity index (χ1) is 15.3. The standard InChI is InChI=1S/C21H19F2N5O4/c1-10-4-5-32-16-9-27-8-13(18(29)19(30)17(27)21(31)28(10)16)20-24-15(25-26-20)6-11-2-3-12(22)7-14(11)23/h2-3,7-8,10,16,30H,4-6,9H2,1H3,(H,24,25,26)/t10-,16+/m1/s1. The molecule has 0 spiro atoms. The zero-order valence-electron chi connectivity index (χ0n) is 17.0. The van der Waals surface area contributed by atoms with Crippen LogP contribution in [-0.2, 0) is 17.7 Å². The van der Waals surface area contributed by atoms with Crippen molar-refractivity contribution in [2.75, 3.05) is 6.61 Å². The lowest BCUT2D eigenvalue weighted by atomic mass is 10.1. The van der Waals surface area contributed by atoms with Crippen molar-refractivity contribution in [2.45, 2.75) is 38.6 Å². The number of aromatic hydroxyl groups is 1. The summed E-state index contributed by atoms with van der Waals surface area (Å²) in [6.45, 7) is 2.65. The van der Waals surface area contributed by atoms with Crippen molar-refractivity contribution in [3.63, 3.8) is 0 Å². The normalized spacial score (nSPS) is 20.2. The summed E-state index contributed by atoms with van der Waals surface area (Å²) in [6.07, 6.45) is 1.59. The maximum absolute atomic E-state index is 13.9. The second kappa shape index (κ2) is 7.52. The minimum absolute atomic E-state index is 0.00137. The van der Waals surface area contributed by atoms with Crippen LogP contribution >= 0.6 is 0 Å². The molecule has 2 atom stereocenters. The highest BCUT2D eigenvalue weighted by atomic mass is 19.1. The van der Waals surface area contributed by atoms with Gasteiger partial charge in [0.2, 0.25) is 5.43 Å². The largest absolute Gasteiger partial charge is 0.503 e. The van der Waals surface area contributed by atoms with Gasteiger partial charge in [0.15, 0.2) is 23.5 Å². The SMILES string of the molecule is C[C@@H]1CCO[C@H]2Cn3cc(-c4nnc(Cc5ccc(F)cc5F)[nH]4)c(=O)c(O)c3C(=O)N12. The van der Waals surface area contributed by atoms with Crippen LogP contribution in [0.3, 0.4) is 0 Å². The zero-order chi connectivity index (χ0) is 22.6. The Hall–Kier alpha value is -3.60. The fourth-order valence-electron chi connectivity index (χ4n) is 4.17. The Bertz CT molecular complexity index is 1290. The maximum Gasteiger partial charge on any atom is 0.276 e. The summed E-state index contributed by atoms with van der Waals surface area (Å²) in [4.78, 5) is 30.2. The molecule has 2 aliphatic heterocycles. The van der Waals surface area contributed by atoms with Gasteiger partial charge in [-0.3, -0.25) is 9.59 Å². The Labute approximate surface area is 180 Å². The number of ether oxygens (including phenoxy) is 1. The van der Waals surface area contributed by atoms with E-state index in [1.165, 1.54) is 16.8 Å². The summed E-state index contributed by atoms with van der Waals surface area (Å²) < 4.78 is 34.2. The number of fused-ring (bicyclic) bond motifs is 2. The van der Waals surface area contributed by atoms with Gasteiger partial charge in [0, 0.05) is 24.7 Å². The number of aromatic amines is 1. The number of amides is 1. The van der Waals surface area contributed by atoms with Gasteiger partial charge in [-0.2, -0.15) is 0 Å². The predicted octanol–water partition coefficient (Wildman–Crippen LogP) is 1.80. The Kier molecular flexibility index (Phi) is 4.77. The number of hydrogen-bond acceptors (Lipinski definition) is 6. The predicted molar refractivity (Wildman–Crippen MR) is 107 cm³/mol. The van der Waals surface area contributed by atoms with Crippen molar-refractivity contribution in [1.29, 1.82) is 0 Å². The fraction of sp³-hybridized carbons (Fsp3) is 0.333. The summed E-state index contributed by atoms with van der Waals surface area (Å²) in [5.41, 5.74) is -0.659. The third-order valence-corrected chi connectivity index (χ3v) is 5.84. The minimum atomic E-state index is -0.774. The van der Waals surface area contributed by atoms with E-state index >= 15 is 0 Å². The van der Waals surface area contributed by atoms with E-state index < -0.39 is 34.9 Å². The van der Waals surface area contributed by atoms with E-state index in [4.69, 9.17) is 4.74 Å². The van der Waals surface area contributed by atoms with E-state index in [0.29, 0.717) is 13.0 Å². The summed E-state index contributed by atoms with van der Waals surface area (Å²) in [5, 5.41) is 18.4. The fourth-order valence-corrected chi connectivity index (χ4v) is 4.17. The number of rotatable bonds is 3. The lowest BCUT2D eigenvalue weighted by molar-refractivity contribution is -0.112. The van der Waals surface area contributed by atoms with Gasteiger partial charge < -0.3 is 24.3 Å². The number of benzene rings is 1. The molecule has 1 aromatic carbocycles. The first-order valence-corrected chi connectivity index (χ1v) is 10.1. The molecule has 0 aliphatic carbocycles. The van der Waals surface area contributed by atoms with Crippen LogP contribution in [0.5, 0.6) is 5.75 Å². The van der Waals surface area contributed by atoms with Crippen LogP contribution in [0.2, 0.25) is 0 Å². The minimum Gasteiger partial charge on any atom is -0.503 e. The molecule has 2 aromatic heterocycles. The smallest absolute Gasteiger partial charge is 0.276 e.